The molecule has 10 heteroatoms. The van der Waals surface area contributed by atoms with E-state index in [1.807, 2.05) is 6.92 Å². The van der Waals surface area contributed by atoms with Crippen LogP contribution in [0.3, 0.4) is 0 Å². The molecule has 0 saturated carbocycles. The highest BCUT2D eigenvalue weighted by Crippen LogP contribution is 2.45. The number of fused-ring (bicyclic) bond motifs is 1. The van der Waals surface area contributed by atoms with Gasteiger partial charge in [-0.05, 0) is 43.7 Å². The quantitative estimate of drug-likeness (QED) is 0.242. The van der Waals surface area contributed by atoms with E-state index < -0.39 is 35.3 Å². The molecule has 0 spiro atoms. The average molecular weight is 509 g/mol. The van der Waals surface area contributed by atoms with Crippen molar-refractivity contribution < 1.29 is 33.4 Å². The number of hydrogen-bond acceptors (Lipinski definition) is 8. The van der Waals surface area contributed by atoms with E-state index in [2.05, 4.69) is 4.98 Å². The fourth-order valence-corrected chi connectivity index (χ4v) is 5.52. The number of Topliss-reactive ketones (excluding diaryl/α,β-unsaturated/α-hetero) is 1. The number of nitrogens with zero attached hydrogens (tertiary/aromatic N) is 2. The van der Waals surface area contributed by atoms with E-state index in [1.165, 1.54) is 25.3 Å². The summed E-state index contributed by atoms with van der Waals surface area (Å²) in [6, 6.07) is 9.36. The highest BCUT2D eigenvalue weighted by molar-refractivity contribution is 7.17. The predicted molar refractivity (Wildman–Crippen MR) is 130 cm³/mol. The fraction of sp³-hybridized carbons (Fsp3) is 0.231. The first kappa shape index (κ1) is 23.7. The first-order valence-electron chi connectivity index (χ1n) is 11.1. The smallest absolute Gasteiger partial charge is 0.350 e. The van der Waals surface area contributed by atoms with Crippen molar-refractivity contribution >= 4 is 39.9 Å². The zero-order chi connectivity index (χ0) is 25.7. The summed E-state index contributed by atoms with van der Waals surface area (Å²) in [5.41, 5.74) is 1.18. The molecule has 2 aliphatic rings. The van der Waals surface area contributed by atoms with Gasteiger partial charge in [-0.25, -0.2) is 14.2 Å². The second-order valence-corrected chi connectivity index (χ2v) is 9.53. The number of methoxy groups -OCH3 is 1. The minimum atomic E-state index is -1.30. The molecule has 0 unspecified atom stereocenters. The lowest BCUT2D eigenvalue weighted by molar-refractivity contribution is -0.132. The van der Waals surface area contributed by atoms with E-state index in [4.69, 9.17) is 9.47 Å². The number of halogens is 1. The van der Waals surface area contributed by atoms with E-state index in [-0.39, 0.29) is 27.2 Å². The number of anilines is 1. The number of aliphatic hydroxyl groups is 1. The van der Waals surface area contributed by atoms with Gasteiger partial charge >= 0.3 is 11.9 Å². The number of rotatable bonds is 4. The van der Waals surface area contributed by atoms with Crippen molar-refractivity contribution in [3.8, 4) is 5.75 Å². The second-order valence-electron chi connectivity index (χ2n) is 8.55. The highest BCUT2D eigenvalue weighted by Gasteiger charge is 2.49. The van der Waals surface area contributed by atoms with Crippen LogP contribution in [0, 0.1) is 12.7 Å². The Morgan fingerprint density at radius 3 is 2.72 bits per heavy atom. The minimum absolute atomic E-state index is 0.00355. The lowest BCUT2D eigenvalue weighted by Crippen LogP contribution is -2.29. The second kappa shape index (κ2) is 8.87. The first-order valence-corrected chi connectivity index (χ1v) is 11.9. The maximum absolute atomic E-state index is 15.1. The summed E-state index contributed by atoms with van der Waals surface area (Å²) in [6.07, 6.45) is 0.592. The van der Waals surface area contributed by atoms with E-state index in [9.17, 15) is 19.5 Å². The first-order chi connectivity index (χ1) is 17.2. The number of aromatic nitrogens is 1. The molecule has 36 heavy (non-hydrogen) atoms. The van der Waals surface area contributed by atoms with E-state index >= 15 is 4.39 Å². The predicted octanol–water partition coefficient (Wildman–Crippen LogP) is 4.33. The van der Waals surface area contributed by atoms with Crippen molar-refractivity contribution in [1.29, 1.82) is 0 Å². The van der Waals surface area contributed by atoms with Crippen LogP contribution in [0.1, 0.15) is 45.0 Å². The Kier molecular flexibility index (Phi) is 5.83. The van der Waals surface area contributed by atoms with Gasteiger partial charge in [-0.1, -0.05) is 29.5 Å². The number of carbonyl (C=O) groups is 3. The van der Waals surface area contributed by atoms with Crippen LogP contribution in [0.4, 0.5) is 9.52 Å². The maximum atomic E-state index is 15.1. The van der Waals surface area contributed by atoms with Gasteiger partial charge in [-0.3, -0.25) is 14.5 Å². The minimum Gasteiger partial charge on any atom is -0.507 e. The number of amides is 1. The Bertz CT molecular complexity index is 1460. The van der Waals surface area contributed by atoms with Crippen LogP contribution in [-0.4, -0.2) is 41.0 Å². The summed E-state index contributed by atoms with van der Waals surface area (Å²) in [4.78, 5) is 44.2. The van der Waals surface area contributed by atoms with Crippen LogP contribution in [0.2, 0.25) is 0 Å². The topological polar surface area (TPSA) is 106 Å². The number of aliphatic hydroxyl groups excluding tert-OH is 1. The number of ether oxygens (including phenoxy) is 2. The van der Waals surface area contributed by atoms with Gasteiger partial charge < -0.3 is 14.6 Å². The molecule has 1 saturated heterocycles. The molecule has 0 bridgehead atoms. The number of hydrogen-bond donors (Lipinski definition) is 1. The van der Waals surface area contributed by atoms with Gasteiger partial charge in [-0.2, -0.15) is 0 Å². The Morgan fingerprint density at radius 1 is 1.25 bits per heavy atom. The molecular weight excluding hydrogens is 487 g/mol. The molecule has 3 heterocycles. The Labute approximate surface area is 209 Å². The molecular formula is C26H21FN2O6S. The van der Waals surface area contributed by atoms with Crippen molar-refractivity contribution in [2.75, 3.05) is 12.0 Å². The van der Waals surface area contributed by atoms with Gasteiger partial charge in [0.1, 0.15) is 34.3 Å². The van der Waals surface area contributed by atoms with Crippen molar-refractivity contribution in [2.24, 2.45) is 0 Å². The summed E-state index contributed by atoms with van der Waals surface area (Å²) in [6.45, 7) is 3.48. The van der Waals surface area contributed by atoms with Crippen LogP contribution < -0.4 is 9.64 Å². The largest absolute Gasteiger partial charge is 0.507 e. The molecule has 0 aliphatic carbocycles. The molecule has 2 aliphatic heterocycles. The van der Waals surface area contributed by atoms with Crippen LogP contribution in [-0.2, 0) is 20.7 Å². The zero-order valence-corrected chi connectivity index (χ0v) is 20.4. The third kappa shape index (κ3) is 3.74. The highest BCUT2D eigenvalue weighted by atomic mass is 32.1. The van der Waals surface area contributed by atoms with Gasteiger partial charge in [0.25, 0.3) is 5.78 Å². The Balaban J connectivity index is 1.70. The van der Waals surface area contributed by atoms with Gasteiger partial charge in [0, 0.05) is 17.5 Å². The van der Waals surface area contributed by atoms with Gasteiger partial charge in [-0.15, -0.1) is 0 Å². The van der Waals surface area contributed by atoms with Gasteiger partial charge in [0.15, 0.2) is 5.13 Å². The molecule has 1 aromatic heterocycles. The normalized spacial score (nSPS) is 20.4. The molecule has 5 rings (SSSR count). The molecule has 1 N–H and O–H groups in total. The Morgan fingerprint density at radius 2 is 2.00 bits per heavy atom. The van der Waals surface area contributed by atoms with Gasteiger partial charge in [0.05, 0.1) is 18.4 Å². The summed E-state index contributed by atoms with van der Waals surface area (Å²) >= 11 is 0.850. The lowest BCUT2D eigenvalue weighted by atomic mass is 9.94. The maximum Gasteiger partial charge on any atom is 0.350 e. The number of esters is 1. The van der Waals surface area contributed by atoms with Crippen LogP contribution >= 0.6 is 11.3 Å². The molecule has 2 aromatic carbocycles. The molecule has 8 nitrogen and oxygen atoms in total. The number of thiazole rings is 1. The Hall–Kier alpha value is -4.05. The standard InChI is InChI=1S/C26H21FN2O6S/c1-12-10-15-11-14(8-9-18(15)35-12)21(30)19-20(16-6-4-5-7-17(16)27)29(24(32)22(19)31)26-28-13(2)23(36-26)25(33)34-3/h4-9,11-12,20,30H,10H2,1-3H3/t12-,20-/m0/s1. The number of carbonyl (C=O) groups excluding carboxylic acids is 3. The zero-order valence-electron chi connectivity index (χ0n) is 19.6. The average Bonchev–Trinajstić information content (AvgIpc) is 3.50. The fourth-order valence-electron chi connectivity index (χ4n) is 4.51. The molecule has 1 amide bonds. The molecule has 184 valence electrons. The third-order valence-corrected chi connectivity index (χ3v) is 7.31. The summed E-state index contributed by atoms with van der Waals surface area (Å²) in [7, 11) is 1.22. The number of benzene rings is 2. The van der Waals surface area contributed by atoms with Crippen molar-refractivity contribution in [3.63, 3.8) is 0 Å². The number of ketones is 1. The van der Waals surface area contributed by atoms with Crippen LogP contribution in [0.5, 0.6) is 5.75 Å². The van der Waals surface area contributed by atoms with Crippen molar-refractivity contribution in [2.45, 2.75) is 32.4 Å². The third-order valence-electron chi connectivity index (χ3n) is 6.18. The van der Waals surface area contributed by atoms with Crippen LogP contribution in [0.25, 0.3) is 5.76 Å². The molecule has 1 fully saturated rings. The molecule has 3 aromatic rings. The van der Waals surface area contributed by atoms with Crippen LogP contribution in [0.15, 0.2) is 48.0 Å². The summed E-state index contributed by atoms with van der Waals surface area (Å²) < 4.78 is 25.5. The summed E-state index contributed by atoms with van der Waals surface area (Å²) in [5.74, 6) is -3.05. The molecule has 0 radical (unpaired) electrons. The van der Waals surface area contributed by atoms with Crippen molar-refractivity contribution in [3.05, 3.63) is 81.1 Å². The van der Waals surface area contributed by atoms with Gasteiger partial charge in [0.2, 0.25) is 0 Å². The van der Waals surface area contributed by atoms with E-state index in [0.29, 0.717) is 23.4 Å². The molecule has 2 atom stereocenters. The monoisotopic (exact) mass is 508 g/mol. The number of aryl methyl sites for hydroxylation is 1. The SMILES string of the molecule is COC(=O)c1sc(N2C(=O)C(=O)C(=C(O)c3ccc4c(c3)C[C@H](C)O4)[C@@H]2c2ccccc2F)nc1C. The van der Waals surface area contributed by atoms with Crippen molar-refractivity contribution in [1.82, 2.24) is 4.98 Å². The van der Waals surface area contributed by atoms with E-state index in [1.54, 1.807) is 31.2 Å². The summed E-state index contributed by atoms with van der Waals surface area (Å²) in [5, 5.41) is 11.3. The lowest BCUT2D eigenvalue weighted by Gasteiger charge is -2.23. The van der Waals surface area contributed by atoms with E-state index in [0.717, 1.165) is 21.8 Å².